The Balaban J connectivity index is 1.90. The van der Waals surface area contributed by atoms with Gasteiger partial charge in [-0.1, -0.05) is 0 Å². The first-order chi connectivity index (χ1) is 9.78. The van der Waals surface area contributed by atoms with Gasteiger partial charge in [-0.2, -0.15) is 0 Å². The average molecular weight is 280 g/mol. The SMILES string of the molecule is COc1cc(OC)c(OC)cc1CNCCNC1CC1. The van der Waals surface area contributed by atoms with Gasteiger partial charge in [-0.15, -0.1) is 0 Å². The minimum atomic E-state index is 0.684. The lowest BCUT2D eigenvalue weighted by molar-refractivity contribution is 0.347. The standard InChI is InChI=1S/C15H24N2O3/c1-18-13-9-15(20-3)14(19-2)8-11(13)10-16-6-7-17-12-4-5-12/h8-9,12,16-17H,4-7,10H2,1-3H3. The van der Waals surface area contributed by atoms with Crippen molar-refractivity contribution in [3.63, 3.8) is 0 Å². The normalized spacial score (nSPS) is 14.2. The summed E-state index contributed by atoms with van der Waals surface area (Å²) in [6, 6.07) is 4.57. The number of methoxy groups -OCH3 is 3. The highest BCUT2D eigenvalue weighted by Gasteiger charge is 2.19. The zero-order chi connectivity index (χ0) is 14.4. The topological polar surface area (TPSA) is 51.8 Å². The lowest BCUT2D eigenvalue weighted by atomic mass is 10.1. The molecule has 0 radical (unpaired) electrons. The summed E-state index contributed by atoms with van der Waals surface area (Å²) in [6.45, 7) is 2.68. The molecule has 2 rings (SSSR count). The Hall–Kier alpha value is -1.46. The van der Waals surface area contributed by atoms with Crippen LogP contribution in [0.5, 0.6) is 17.2 Å². The van der Waals surface area contributed by atoms with E-state index in [4.69, 9.17) is 14.2 Å². The average Bonchev–Trinajstić information content (AvgIpc) is 3.30. The molecule has 1 saturated carbocycles. The van der Waals surface area contributed by atoms with E-state index in [9.17, 15) is 0 Å². The maximum Gasteiger partial charge on any atom is 0.164 e. The molecule has 0 saturated heterocycles. The second-order valence-corrected chi connectivity index (χ2v) is 4.92. The Morgan fingerprint density at radius 2 is 1.60 bits per heavy atom. The van der Waals surface area contributed by atoms with Crippen molar-refractivity contribution >= 4 is 0 Å². The fourth-order valence-corrected chi connectivity index (χ4v) is 2.11. The molecular formula is C15H24N2O3. The highest BCUT2D eigenvalue weighted by molar-refractivity contribution is 5.50. The van der Waals surface area contributed by atoms with Crippen molar-refractivity contribution in [1.82, 2.24) is 10.6 Å². The molecule has 5 nitrogen and oxygen atoms in total. The summed E-state index contributed by atoms with van der Waals surface area (Å²) in [7, 11) is 4.93. The molecule has 0 spiro atoms. The predicted octanol–water partition coefficient (Wildman–Crippen LogP) is 1.55. The Kier molecular flexibility index (Phi) is 5.49. The van der Waals surface area contributed by atoms with Crippen LogP contribution in [0.25, 0.3) is 0 Å². The summed E-state index contributed by atoms with van der Waals surface area (Å²) in [4.78, 5) is 0. The minimum absolute atomic E-state index is 0.684. The van der Waals surface area contributed by atoms with Crippen LogP contribution in [-0.4, -0.2) is 40.5 Å². The molecule has 5 heteroatoms. The summed E-state index contributed by atoms with van der Waals surface area (Å²) >= 11 is 0. The van der Waals surface area contributed by atoms with Gasteiger partial charge in [-0.3, -0.25) is 0 Å². The molecule has 112 valence electrons. The molecular weight excluding hydrogens is 256 g/mol. The van der Waals surface area contributed by atoms with E-state index in [2.05, 4.69) is 10.6 Å². The maximum absolute atomic E-state index is 5.40. The van der Waals surface area contributed by atoms with Gasteiger partial charge in [0.25, 0.3) is 0 Å². The summed E-state index contributed by atoms with van der Waals surface area (Å²) in [6.07, 6.45) is 2.65. The van der Waals surface area contributed by atoms with Crippen LogP contribution >= 0.6 is 0 Å². The first-order valence-corrected chi connectivity index (χ1v) is 7.01. The quantitative estimate of drug-likeness (QED) is 0.672. The monoisotopic (exact) mass is 280 g/mol. The van der Waals surface area contributed by atoms with Crippen molar-refractivity contribution < 1.29 is 14.2 Å². The van der Waals surface area contributed by atoms with Crippen LogP contribution in [0.4, 0.5) is 0 Å². The second-order valence-electron chi connectivity index (χ2n) is 4.92. The van der Waals surface area contributed by atoms with Crippen LogP contribution in [-0.2, 0) is 6.54 Å². The van der Waals surface area contributed by atoms with Crippen LogP contribution in [0.2, 0.25) is 0 Å². The van der Waals surface area contributed by atoms with Crippen LogP contribution in [0.1, 0.15) is 18.4 Å². The number of hydrogen-bond donors (Lipinski definition) is 2. The number of benzene rings is 1. The van der Waals surface area contributed by atoms with E-state index in [-0.39, 0.29) is 0 Å². The lowest BCUT2D eigenvalue weighted by Crippen LogP contribution is -2.28. The molecule has 0 atom stereocenters. The van der Waals surface area contributed by atoms with Gasteiger partial charge in [0.1, 0.15) is 5.75 Å². The molecule has 1 aromatic carbocycles. The third kappa shape index (κ3) is 4.02. The number of ether oxygens (including phenoxy) is 3. The van der Waals surface area contributed by atoms with Crippen LogP contribution < -0.4 is 24.8 Å². The van der Waals surface area contributed by atoms with Crippen LogP contribution in [0.15, 0.2) is 12.1 Å². The first-order valence-electron chi connectivity index (χ1n) is 7.01. The summed E-state index contributed by atoms with van der Waals surface area (Å²) in [5.74, 6) is 2.22. The van der Waals surface area contributed by atoms with Gasteiger partial charge in [0.05, 0.1) is 21.3 Å². The van der Waals surface area contributed by atoms with Gasteiger partial charge in [-0.05, 0) is 18.9 Å². The van der Waals surface area contributed by atoms with Crippen molar-refractivity contribution in [2.75, 3.05) is 34.4 Å². The lowest BCUT2D eigenvalue weighted by Gasteiger charge is -2.14. The molecule has 1 fully saturated rings. The Morgan fingerprint density at radius 3 is 2.20 bits per heavy atom. The largest absolute Gasteiger partial charge is 0.496 e. The summed E-state index contributed by atoms with van der Waals surface area (Å²) in [5, 5.41) is 6.88. The maximum atomic E-state index is 5.40. The van der Waals surface area contributed by atoms with Crippen molar-refractivity contribution in [2.45, 2.75) is 25.4 Å². The third-order valence-corrected chi connectivity index (χ3v) is 3.41. The predicted molar refractivity (Wildman–Crippen MR) is 78.8 cm³/mol. The molecule has 0 unspecified atom stereocenters. The number of hydrogen-bond acceptors (Lipinski definition) is 5. The first kappa shape index (κ1) is 14.9. The van der Waals surface area contributed by atoms with E-state index in [0.29, 0.717) is 5.75 Å². The summed E-state index contributed by atoms with van der Waals surface area (Å²) in [5.41, 5.74) is 1.07. The van der Waals surface area contributed by atoms with E-state index in [1.165, 1.54) is 12.8 Å². The van der Waals surface area contributed by atoms with Crippen LogP contribution in [0.3, 0.4) is 0 Å². The van der Waals surface area contributed by atoms with Gasteiger partial charge in [0.2, 0.25) is 0 Å². The van der Waals surface area contributed by atoms with E-state index in [1.54, 1.807) is 21.3 Å². The zero-order valence-electron chi connectivity index (χ0n) is 12.5. The molecule has 1 aromatic rings. The van der Waals surface area contributed by atoms with E-state index < -0.39 is 0 Å². The van der Waals surface area contributed by atoms with E-state index >= 15 is 0 Å². The van der Waals surface area contributed by atoms with E-state index in [1.807, 2.05) is 12.1 Å². The molecule has 0 heterocycles. The second kappa shape index (κ2) is 7.36. The molecule has 2 N–H and O–H groups in total. The van der Waals surface area contributed by atoms with Gasteiger partial charge in [0.15, 0.2) is 11.5 Å². The number of nitrogens with one attached hydrogen (secondary N) is 2. The molecule has 20 heavy (non-hydrogen) atoms. The van der Waals surface area contributed by atoms with Crippen LogP contribution in [0, 0.1) is 0 Å². The van der Waals surface area contributed by atoms with Gasteiger partial charge < -0.3 is 24.8 Å². The van der Waals surface area contributed by atoms with Gasteiger partial charge in [0, 0.05) is 37.3 Å². The molecule has 0 aromatic heterocycles. The Morgan fingerprint density at radius 1 is 0.950 bits per heavy atom. The smallest absolute Gasteiger partial charge is 0.164 e. The van der Waals surface area contributed by atoms with Crippen molar-refractivity contribution in [2.24, 2.45) is 0 Å². The molecule has 1 aliphatic carbocycles. The molecule has 0 amide bonds. The van der Waals surface area contributed by atoms with E-state index in [0.717, 1.165) is 42.7 Å². The highest BCUT2D eigenvalue weighted by atomic mass is 16.5. The molecule has 0 bridgehead atoms. The Bertz CT molecular complexity index is 433. The molecule has 0 aliphatic heterocycles. The summed E-state index contributed by atoms with van der Waals surface area (Å²) < 4.78 is 16.0. The van der Waals surface area contributed by atoms with Crippen molar-refractivity contribution in [1.29, 1.82) is 0 Å². The fourth-order valence-electron chi connectivity index (χ4n) is 2.11. The minimum Gasteiger partial charge on any atom is -0.496 e. The fraction of sp³-hybridized carbons (Fsp3) is 0.600. The highest BCUT2D eigenvalue weighted by Crippen LogP contribution is 2.34. The van der Waals surface area contributed by atoms with Crippen molar-refractivity contribution in [3.8, 4) is 17.2 Å². The molecule has 1 aliphatic rings. The number of rotatable bonds is 9. The third-order valence-electron chi connectivity index (χ3n) is 3.41. The zero-order valence-corrected chi connectivity index (χ0v) is 12.5. The Labute approximate surface area is 120 Å². The van der Waals surface area contributed by atoms with Gasteiger partial charge in [-0.25, -0.2) is 0 Å². The van der Waals surface area contributed by atoms with Gasteiger partial charge >= 0.3 is 0 Å². The van der Waals surface area contributed by atoms with Crippen molar-refractivity contribution in [3.05, 3.63) is 17.7 Å².